The van der Waals surface area contributed by atoms with Crippen molar-refractivity contribution < 1.29 is 4.79 Å². The standard InChI is InChI=1S/C17H18ClNO/c1-13-4-2-5-14(10-13)8-9-17(20)19-16-7-3-6-15(11-16)12-18/h2-7,10-11H,8-9,12H2,1H3,(H,19,20). The first-order valence-corrected chi connectivity index (χ1v) is 7.21. The number of rotatable bonds is 5. The zero-order valence-corrected chi connectivity index (χ0v) is 12.3. The van der Waals surface area contributed by atoms with Crippen LogP contribution < -0.4 is 5.32 Å². The number of alkyl halides is 1. The topological polar surface area (TPSA) is 29.1 Å². The van der Waals surface area contributed by atoms with Gasteiger partial charge in [-0.25, -0.2) is 0 Å². The Bertz CT molecular complexity index is 595. The molecule has 2 aromatic carbocycles. The Morgan fingerprint density at radius 3 is 2.60 bits per heavy atom. The van der Waals surface area contributed by atoms with Gasteiger partial charge in [0.05, 0.1) is 0 Å². The number of carbonyl (C=O) groups is 1. The van der Waals surface area contributed by atoms with Crippen molar-refractivity contribution in [1.82, 2.24) is 0 Å². The van der Waals surface area contributed by atoms with Crippen LogP contribution in [0.15, 0.2) is 48.5 Å². The fourth-order valence-electron chi connectivity index (χ4n) is 2.08. The van der Waals surface area contributed by atoms with E-state index in [9.17, 15) is 4.79 Å². The zero-order chi connectivity index (χ0) is 14.4. The van der Waals surface area contributed by atoms with Crippen LogP contribution in [0.1, 0.15) is 23.1 Å². The summed E-state index contributed by atoms with van der Waals surface area (Å²) in [6, 6.07) is 15.9. The van der Waals surface area contributed by atoms with Crippen molar-refractivity contribution in [2.24, 2.45) is 0 Å². The van der Waals surface area contributed by atoms with E-state index in [4.69, 9.17) is 11.6 Å². The Labute approximate surface area is 124 Å². The molecule has 0 atom stereocenters. The highest BCUT2D eigenvalue weighted by molar-refractivity contribution is 6.17. The zero-order valence-electron chi connectivity index (χ0n) is 11.5. The number of anilines is 1. The molecule has 2 rings (SSSR count). The van der Waals surface area contributed by atoms with E-state index in [1.165, 1.54) is 11.1 Å². The monoisotopic (exact) mass is 287 g/mol. The van der Waals surface area contributed by atoms with E-state index >= 15 is 0 Å². The molecule has 104 valence electrons. The number of aryl methyl sites for hydroxylation is 2. The van der Waals surface area contributed by atoms with E-state index in [0.29, 0.717) is 12.3 Å². The highest BCUT2D eigenvalue weighted by atomic mass is 35.5. The molecular formula is C17H18ClNO. The second-order valence-corrected chi connectivity index (χ2v) is 5.14. The minimum Gasteiger partial charge on any atom is -0.326 e. The SMILES string of the molecule is Cc1cccc(CCC(=O)Nc2cccc(CCl)c2)c1. The molecule has 0 unspecified atom stereocenters. The molecule has 0 spiro atoms. The van der Waals surface area contributed by atoms with Crippen LogP contribution in [0, 0.1) is 6.92 Å². The van der Waals surface area contributed by atoms with Gasteiger partial charge in [0.25, 0.3) is 0 Å². The third kappa shape index (κ3) is 4.39. The van der Waals surface area contributed by atoms with Gasteiger partial charge in [0, 0.05) is 18.0 Å². The largest absolute Gasteiger partial charge is 0.326 e. The molecule has 0 saturated carbocycles. The summed E-state index contributed by atoms with van der Waals surface area (Å²) in [7, 11) is 0. The van der Waals surface area contributed by atoms with Crippen molar-refractivity contribution in [3.05, 3.63) is 65.2 Å². The highest BCUT2D eigenvalue weighted by Crippen LogP contribution is 2.13. The first kappa shape index (κ1) is 14.6. The third-order valence-electron chi connectivity index (χ3n) is 3.09. The van der Waals surface area contributed by atoms with Crippen molar-refractivity contribution in [3.63, 3.8) is 0 Å². The van der Waals surface area contributed by atoms with Gasteiger partial charge < -0.3 is 5.32 Å². The van der Waals surface area contributed by atoms with E-state index in [1.807, 2.05) is 36.4 Å². The van der Waals surface area contributed by atoms with Crippen LogP contribution in [0.4, 0.5) is 5.69 Å². The van der Waals surface area contributed by atoms with Crippen molar-refractivity contribution in [2.75, 3.05) is 5.32 Å². The number of halogens is 1. The average Bonchev–Trinajstić information content (AvgIpc) is 2.45. The van der Waals surface area contributed by atoms with Gasteiger partial charge in [-0.2, -0.15) is 0 Å². The Morgan fingerprint density at radius 2 is 1.85 bits per heavy atom. The number of benzene rings is 2. The lowest BCUT2D eigenvalue weighted by atomic mass is 10.1. The van der Waals surface area contributed by atoms with Gasteiger partial charge in [0.15, 0.2) is 0 Å². The smallest absolute Gasteiger partial charge is 0.224 e. The van der Waals surface area contributed by atoms with Crippen LogP contribution in [0.3, 0.4) is 0 Å². The molecular weight excluding hydrogens is 270 g/mol. The number of hydrogen-bond acceptors (Lipinski definition) is 1. The van der Waals surface area contributed by atoms with Gasteiger partial charge in [-0.1, -0.05) is 42.0 Å². The Hall–Kier alpha value is -1.80. The fourth-order valence-corrected chi connectivity index (χ4v) is 2.25. The Balaban J connectivity index is 1.89. The summed E-state index contributed by atoms with van der Waals surface area (Å²) in [5.41, 5.74) is 4.22. The second kappa shape index (κ2) is 7.11. The van der Waals surface area contributed by atoms with Gasteiger partial charge in [-0.15, -0.1) is 11.6 Å². The van der Waals surface area contributed by atoms with Crippen LogP contribution >= 0.6 is 11.6 Å². The van der Waals surface area contributed by atoms with Crippen molar-refractivity contribution in [2.45, 2.75) is 25.6 Å². The lowest BCUT2D eigenvalue weighted by molar-refractivity contribution is -0.116. The molecule has 0 bridgehead atoms. The van der Waals surface area contributed by atoms with Crippen molar-refractivity contribution in [3.8, 4) is 0 Å². The molecule has 0 aliphatic heterocycles. The number of nitrogens with one attached hydrogen (secondary N) is 1. The molecule has 2 nitrogen and oxygen atoms in total. The fraction of sp³-hybridized carbons (Fsp3) is 0.235. The van der Waals surface area contributed by atoms with E-state index in [0.717, 1.165) is 17.7 Å². The highest BCUT2D eigenvalue weighted by Gasteiger charge is 2.04. The molecule has 2 aromatic rings. The molecule has 0 fully saturated rings. The summed E-state index contributed by atoms with van der Waals surface area (Å²) in [6.07, 6.45) is 1.23. The maximum Gasteiger partial charge on any atom is 0.224 e. The minimum atomic E-state index is 0.0261. The lowest BCUT2D eigenvalue weighted by Crippen LogP contribution is -2.12. The van der Waals surface area contributed by atoms with Gasteiger partial charge in [-0.05, 0) is 36.6 Å². The molecule has 20 heavy (non-hydrogen) atoms. The molecule has 0 saturated heterocycles. The number of amides is 1. The number of carbonyl (C=O) groups excluding carboxylic acids is 1. The van der Waals surface area contributed by atoms with E-state index in [2.05, 4.69) is 24.4 Å². The molecule has 0 aliphatic rings. The predicted octanol–water partition coefficient (Wildman–Crippen LogP) is 4.31. The molecule has 0 heterocycles. The summed E-state index contributed by atoms with van der Waals surface area (Å²) < 4.78 is 0. The van der Waals surface area contributed by atoms with Crippen molar-refractivity contribution >= 4 is 23.2 Å². The van der Waals surface area contributed by atoms with Gasteiger partial charge in [0.2, 0.25) is 5.91 Å². The van der Waals surface area contributed by atoms with Gasteiger partial charge in [-0.3, -0.25) is 4.79 Å². The first-order chi connectivity index (χ1) is 9.67. The molecule has 3 heteroatoms. The number of hydrogen-bond donors (Lipinski definition) is 1. The minimum absolute atomic E-state index is 0.0261. The van der Waals surface area contributed by atoms with Gasteiger partial charge in [0.1, 0.15) is 0 Å². The molecule has 0 aromatic heterocycles. The second-order valence-electron chi connectivity index (χ2n) is 4.87. The molecule has 1 amide bonds. The summed E-state index contributed by atoms with van der Waals surface area (Å²) in [4.78, 5) is 11.9. The first-order valence-electron chi connectivity index (χ1n) is 6.67. The maximum absolute atomic E-state index is 11.9. The summed E-state index contributed by atoms with van der Waals surface area (Å²) in [5, 5.41) is 2.90. The van der Waals surface area contributed by atoms with Crippen LogP contribution in [0.2, 0.25) is 0 Å². The van der Waals surface area contributed by atoms with E-state index in [-0.39, 0.29) is 5.91 Å². The quantitative estimate of drug-likeness (QED) is 0.816. The summed E-state index contributed by atoms with van der Waals surface area (Å²) in [6.45, 7) is 2.06. The van der Waals surface area contributed by atoms with Crippen LogP contribution in [0.5, 0.6) is 0 Å². The van der Waals surface area contributed by atoms with Crippen LogP contribution in [-0.4, -0.2) is 5.91 Å². The Kier molecular flexibility index (Phi) is 5.19. The summed E-state index contributed by atoms with van der Waals surface area (Å²) >= 11 is 5.78. The maximum atomic E-state index is 11.9. The van der Waals surface area contributed by atoms with Crippen molar-refractivity contribution in [1.29, 1.82) is 0 Å². The van der Waals surface area contributed by atoms with Crippen LogP contribution in [-0.2, 0) is 17.1 Å². The molecule has 0 radical (unpaired) electrons. The third-order valence-corrected chi connectivity index (χ3v) is 3.40. The van der Waals surface area contributed by atoms with Gasteiger partial charge >= 0.3 is 0 Å². The molecule has 1 N–H and O–H groups in total. The summed E-state index contributed by atoms with van der Waals surface area (Å²) in [5.74, 6) is 0.478. The van der Waals surface area contributed by atoms with Crippen LogP contribution in [0.25, 0.3) is 0 Å². The van der Waals surface area contributed by atoms with E-state index in [1.54, 1.807) is 0 Å². The average molecular weight is 288 g/mol. The van der Waals surface area contributed by atoms with E-state index < -0.39 is 0 Å². The Morgan fingerprint density at radius 1 is 1.10 bits per heavy atom. The molecule has 0 aliphatic carbocycles. The normalized spacial score (nSPS) is 10.3. The predicted molar refractivity (Wildman–Crippen MR) is 84.1 cm³/mol. The lowest BCUT2D eigenvalue weighted by Gasteiger charge is -2.07.